The molecule has 0 radical (unpaired) electrons. The van der Waals surface area contributed by atoms with Gasteiger partial charge in [0.05, 0.1) is 37.5 Å². The molecule has 1 unspecified atom stereocenters. The van der Waals surface area contributed by atoms with E-state index in [1.165, 1.54) is 19.1 Å². The van der Waals surface area contributed by atoms with E-state index in [9.17, 15) is 14.7 Å². The Morgan fingerprint density at radius 2 is 1.70 bits per heavy atom. The number of ketones is 1. The molecule has 0 aromatic heterocycles. The summed E-state index contributed by atoms with van der Waals surface area (Å²) < 4.78 is 16.4. The summed E-state index contributed by atoms with van der Waals surface area (Å²) in [4.78, 5) is 27.6. The van der Waals surface area contributed by atoms with Gasteiger partial charge in [-0.3, -0.25) is 9.59 Å². The Hall–Kier alpha value is -3.48. The van der Waals surface area contributed by atoms with Crippen molar-refractivity contribution < 1.29 is 28.9 Å². The van der Waals surface area contributed by atoms with Crippen LogP contribution in [0.15, 0.2) is 48.0 Å². The third-order valence-electron chi connectivity index (χ3n) is 5.52. The molecule has 2 aromatic rings. The third-order valence-corrected chi connectivity index (χ3v) is 5.52. The van der Waals surface area contributed by atoms with Gasteiger partial charge in [0.2, 0.25) is 0 Å². The van der Waals surface area contributed by atoms with E-state index in [0.29, 0.717) is 29.4 Å². The first-order valence-corrected chi connectivity index (χ1v) is 11.1. The third kappa shape index (κ3) is 4.97. The summed E-state index contributed by atoms with van der Waals surface area (Å²) in [6, 6.07) is 11.5. The molecular weight excluding hydrogens is 422 g/mol. The van der Waals surface area contributed by atoms with Crippen LogP contribution in [0.4, 0.5) is 0 Å². The lowest BCUT2D eigenvalue weighted by Crippen LogP contribution is -2.30. The summed E-state index contributed by atoms with van der Waals surface area (Å²) in [5.74, 6) is -0.0959. The Morgan fingerprint density at radius 3 is 2.27 bits per heavy atom. The summed E-state index contributed by atoms with van der Waals surface area (Å²) >= 11 is 0. The molecule has 1 saturated heterocycles. The zero-order valence-electron chi connectivity index (χ0n) is 19.8. The molecule has 2 aromatic carbocycles. The van der Waals surface area contributed by atoms with Crippen LogP contribution in [-0.2, 0) is 9.59 Å². The second-order valence-corrected chi connectivity index (χ2v) is 8.15. The maximum absolute atomic E-state index is 13.1. The van der Waals surface area contributed by atoms with Crippen LogP contribution >= 0.6 is 0 Å². The van der Waals surface area contributed by atoms with E-state index in [1.807, 2.05) is 32.9 Å². The molecule has 0 aliphatic carbocycles. The number of aliphatic hydroxyl groups is 1. The number of rotatable bonds is 9. The Labute approximate surface area is 194 Å². The van der Waals surface area contributed by atoms with Crippen LogP contribution in [0.1, 0.15) is 50.8 Å². The molecule has 7 heteroatoms. The van der Waals surface area contributed by atoms with Crippen molar-refractivity contribution in [3.63, 3.8) is 0 Å². The van der Waals surface area contributed by atoms with Gasteiger partial charge in [-0.15, -0.1) is 0 Å². The van der Waals surface area contributed by atoms with Crippen molar-refractivity contribution in [1.29, 1.82) is 0 Å². The lowest BCUT2D eigenvalue weighted by Gasteiger charge is -2.25. The van der Waals surface area contributed by atoms with E-state index in [4.69, 9.17) is 14.2 Å². The molecule has 1 heterocycles. The van der Waals surface area contributed by atoms with Gasteiger partial charge in [0, 0.05) is 6.54 Å². The molecule has 33 heavy (non-hydrogen) atoms. The smallest absolute Gasteiger partial charge is 0.295 e. The fourth-order valence-corrected chi connectivity index (χ4v) is 3.93. The maximum atomic E-state index is 13.1. The predicted molar refractivity (Wildman–Crippen MR) is 126 cm³/mol. The zero-order valence-corrected chi connectivity index (χ0v) is 19.8. The molecule has 1 fully saturated rings. The maximum Gasteiger partial charge on any atom is 0.295 e. The highest BCUT2D eigenvalue weighted by Crippen LogP contribution is 2.42. The molecule has 0 bridgehead atoms. The summed E-state index contributed by atoms with van der Waals surface area (Å²) in [5, 5.41) is 11.3. The highest BCUT2D eigenvalue weighted by Gasteiger charge is 2.46. The fourth-order valence-electron chi connectivity index (χ4n) is 3.93. The number of methoxy groups -OCH3 is 2. The SMILES string of the molecule is CCCCN1C(=O)C(=O)/C(=C(/O)c2cc(OC)ccc2OC)C1c1ccc(OC(C)C)cc1. The van der Waals surface area contributed by atoms with Crippen molar-refractivity contribution >= 4 is 17.4 Å². The molecule has 1 N–H and O–H groups in total. The Balaban J connectivity index is 2.17. The van der Waals surface area contributed by atoms with Crippen LogP contribution < -0.4 is 14.2 Å². The number of hydrogen-bond donors (Lipinski definition) is 1. The molecule has 176 valence electrons. The van der Waals surface area contributed by atoms with E-state index < -0.39 is 17.7 Å². The van der Waals surface area contributed by atoms with Crippen molar-refractivity contribution in [3.8, 4) is 17.2 Å². The van der Waals surface area contributed by atoms with E-state index in [1.54, 1.807) is 30.3 Å². The Bertz CT molecular complexity index is 1040. The highest BCUT2D eigenvalue weighted by molar-refractivity contribution is 6.46. The van der Waals surface area contributed by atoms with Crippen molar-refractivity contribution in [2.75, 3.05) is 20.8 Å². The van der Waals surface area contributed by atoms with Crippen molar-refractivity contribution in [2.45, 2.75) is 45.8 Å². The van der Waals surface area contributed by atoms with Gasteiger partial charge in [0.1, 0.15) is 23.0 Å². The predicted octanol–water partition coefficient (Wildman–Crippen LogP) is 4.71. The van der Waals surface area contributed by atoms with Crippen LogP contribution in [0.25, 0.3) is 5.76 Å². The van der Waals surface area contributed by atoms with Gasteiger partial charge < -0.3 is 24.2 Å². The second-order valence-electron chi connectivity index (χ2n) is 8.15. The number of Topliss-reactive ketones (excluding diaryl/α,β-unsaturated/α-hetero) is 1. The fraction of sp³-hybridized carbons (Fsp3) is 0.385. The number of carbonyl (C=O) groups is 2. The molecule has 1 amide bonds. The monoisotopic (exact) mass is 453 g/mol. The van der Waals surface area contributed by atoms with Gasteiger partial charge in [0.25, 0.3) is 11.7 Å². The molecule has 1 aliphatic rings. The summed E-state index contributed by atoms with van der Waals surface area (Å²) in [5.41, 5.74) is 1.03. The van der Waals surface area contributed by atoms with Crippen molar-refractivity contribution in [1.82, 2.24) is 4.90 Å². The van der Waals surface area contributed by atoms with E-state index >= 15 is 0 Å². The van der Waals surface area contributed by atoms with Gasteiger partial charge in [0.15, 0.2) is 0 Å². The minimum Gasteiger partial charge on any atom is -0.507 e. The van der Waals surface area contributed by atoms with Gasteiger partial charge in [-0.25, -0.2) is 0 Å². The first-order chi connectivity index (χ1) is 15.8. The van der Waals surface area contributed by atoms with Gasteiger partial charge in [-0.2, -0.15) is 0 Å². The van der Waals surface area contributed by atoms with Crippen LogP contribution in [0.5, 0.6) is 17.2 Å². The number of likely N-dealkylation sites (tertiary alicyclic amines) is 1. The minimum absolute atomic E-state index is 0.0200. The zero-order chi connectivity index (χ0) is 24.1. The molecule has 7 nitrogen and oxygen atoms in total. The molecular formula is C26H31NO6. The molecule has 0 saturated carbocycles. The average Bonchev–Trinajstić information content (AvgIpc) is 3.06. The number of amides is 1. The molecule has 1 aliphatic heterocycles. The standard InChI is InChI=1S/C26H31NO6/c1-6-7-14-27-23(17-8-10-18(11-9-17)33-16(2)3)22(25(29)26(27)30)24(28)20-15-19(31-4)12-13-21(20)32-5/h8-13,15-16,23,28H,6-7,14H2,1-5H3/b24-22+. The van der Waals surface area contributed by atoms with Crippen molar-refractivity contribution in [2.24, 2.45) is 0 Å². The summed E-state index contributed by atoms with van der Waals surface area (Å²) in [7, 11) is 2.99. The number of benzene rings is 2. The van der Waals surface area contributed by atoms with Crippen LogP contribution in [0.2, 0.25) is 0 Å². The van der Waals surface area contributed by atoms with Gasteiger partial charge in [-0.05, 0) is 56.2 Å². The second kappa shape index (κ2) is 10.4. The number of hydrogen-bond acceptors (Lipinski definition) is 6. The van der Waals surface area contributed by atoms with Crippen LogP contribution in [0.3, 0.4) is 0 Å². The normalized spacial score (nSPS) is 17.5. The molecule has 0 spiro atoms. The van der Waals surface area contributed by atoms with E-state index in [-0.39, 0.29) is 23.0 Å². The molecule has 1 atom stereocenters. The summed E-state index contributed by atoms with van der Waals surface area (Å²) in [6.45, 7) is 6.30. The van der Waals surface area contributed by atoms with E-state index in [0.717, 1.165) is 12.8 Å². The number of carbonyl (C=O) groups excluding carboxylic acids is 2. The Kier molecular flexibility index (Phi) is 7.63. The number of unbranched alkanes of at least 4 members (excludes halogenated alkanes) is 1. The van der Waals surface area contributed by atoms with Gasteiger partial charge >= 0.3 is 0 Å². The first-order valence-electron chi connectivity index (χ1n) is 11.1. The first kappa shape index (κ1) is 24.2. The highest BCUT2D eigenvalue weighted by atomic mass is 16.5. The minimum atomic E-state index is -0.722. The Morgan fingerprint density at radius 1 is 1.03 bits per heavy atom. The van der Waals surface area contributed by atoms with Crippen LogP contribution in [0, 0.1) is 0 Å². The molecule has 3 rings (SSSR count). The van der Waals surface area contributed by atoms with E-state index in [2.05, 4.69) is 0 Å². The number of ether oxygens (including phenoxy) is 3. The number of nitrogens with zero attached hydrogens (tertiary/aromatic N) is 1. The topological polar surface area (TPSA) is 85.3 Å². The summed E-state index contributed by atoms with van der Waals surface area (Å²) in [6.07, 6.45) is 1.62. The van der Waals surface area contributed by atoms with Crippen LogP contribution in [-0.4, -0.2) is 48.6 Å². The quantitative estimate of drug-likeness (QED) is 0.336. The average molecular weight is 454 g/mol. The van der Waals surface area contributed by atoms with Crippen molar-refractivity contribution in [3.05, 3.63) is 59.2 Å². The largest absolute Gasteiger partial charge is 0.507 e. The number of aliphatic hydroxyl groups excluding tert-OH is 1. The lowest BCUT2D eigenvalue weighted by molar-refractivity contribution is -0.139. The van der Waals surface area contributed by atoms with Gasteiger partial charge in [-0.1, -0.05) is 25.5 Å². The lowest BCUT2D eigenvalue weighted by atomic mass is 9.94.